The molecular formula is C8H16ClIO3S. The Morgan fingerprint density at radius 2 is 1.79 bits per heavy atom. The summed E-state index contributed by atoms with van der Waals surface area (Å²) in [6.07, 6.45) is -1.11. The van der Waals surface area contributed by atoms with Crippen LogP contribution in [-0.2, 0) is 9.84 Å². The molecule has 0 aliphatic heterocycles. The second kappa shape index (κ2) is 4.43. The second-order valence-electron chi connectivity index (χ2n) is 4.23. The van der Waals surface area contributed by atoms with E-state index in [1.165, 1.54) is 6.92 Å². The predicted octanol–water partition coefficient (Wildman–Crippen LogP) is 2.16. The van der Waals surface area contributed by atoms with Gasteiger partial charge < -0.3 is 5.11 Å². The van der Waals surface area contributed by atoms with E-state index in [1.807, 2.05) is 0 Å². The lowest BCUT2D eigenvalue weighted by atomic mass is 9.90. The summed E-state index contributed by atoms with van der Waals surface area (Å²) in [5.74, 6) is -0.0768. The van der Waals surface area contributed by atoms with Crippen molar-refractivity contribution >= 4 is 44.0 Å². The van der Waals surface area contributed by atoms with Gasteiger partial charge in [0.15, 0.2) is 9.84 Å². The van der Waals surface area contributed by atoms with Crippen molar-refractivity contribution in [2.75, 3.05) is 5.75 Å². The van der Waals surface area contributed by atoms with Crippen LogP contribution in [0.5, 0.6) is 0 Å². The van der Waals surface area contributed by atoms with E-state index in [2.05, 4.69) is 0 Å². The average Bonchev–Trinajstić information content (AvgIpc) is 2.01. The lowest BCUT2D eigenvalue weighted by Gasteiger charge is -2.34. The SMILES string of the molecule is CCS(=O)(=O)[C@@](Cl)(I)[C@@H](O)C(C)(C)C. The minimum Gasteiger partial charge on any atom is -0.389 e. The molecule has 1 N–H and O–H groups in total. The maximum absolute atomic E-state index is 11.6. The molecule has 0 radical (unpaired) electrons. The van der Waals surface area contributed by atoms with Gasteiger partial charge in [-0.15, -0.1) is 0 Å². The van der Waals surface area contributed by atoms with Crippen LogP contribution in [0.15, 0.2) is 0 Å². The number of hydrogen-bond acceptors (Lipinski definition) is 3. The molecule has 6 heteroatoms. The molecule has 0 saturated carbocycles. The Morgan fingerprint density at radius 1 is 1.43 bits per heavy atom. The summed E-state index contributed by atoms with van der Waals surface area (Å²) in [5.41, 5.74) is -0.564. The van der Waals surface area contributed by atoms with E-state index >= 15 is 0 Å². The molecule has 0 spiro atoms. The van der Waals surface area contributed by atoms with Crippen molar-refractivity contribution in [3.05, 3.63) is 0 Å². The van der Waals surface area contributed by atoms with Crippen molar-refractivity contribution in [3.8, 4) is 0 Å². The highest BCUT2D eigenvalue weighted by Gasteiger charge is 2.49. The van der Waals surface area contributed by atoms with Crippen molar-refractivity contribution in [2.24, 2.45) is 5.41 Å². The average molecular weight is 355 g/mol. The maximum atomic E-state index is 11.6. The van der Waals surface area contributed by atoms with E-state index < -0.39 is 23.6 Å². The summed E-state index contributed by atoms with van der Waals surface area (Å²) in [7, 11) is -3.48. The van der Waals surface area contributed by atoms with Crippen LogP contribution in [0.4, 0.5) is 0 Å². The van der Waals surface area contributed by atoms with Crippen LogP contribution >= 0.6 is 34.2 Å². The maximum Gasteiger partial charge on any atom is 0.221 e. The standard InChI is InChI=1S/C8H16ClIO3S/c1-5-14(12,13)8(9,10)6(11)7(2,3)4/h6,11H,5H2,1-4H3/t6-,8-/m0/s1. The van der Waals surface area contributed by atoms with Gasteiger partial charge in [0, 0.05) is 0 Å². The molecule has 0 bridgehead atoms. The number of alkyl halides is 2. The first kappa shape index (κ1) is 14.9. The highest BCUT2D eigenvalue weighted by molar-refractivity contribution is 14.1. The normalized spacial score (nSPS) is 20.2. The molecule has 0 aromatic carbocycles. The first-order chi connectivity index (χ1) is 5.97. The minimum atomic E-state index is -3.48. The smallest absolute Gasteiger partial charge is 0.221 e. The van der Waals surface area contributed by atoms with Crippen molar-refractivity contribution in [3.63, 3.8) is 0 Å². The van der Waals surface area contributed by atoms with Gasteiger partial charge in [0.2, 0.25) is 2.21 Å². The van der Waals surface area contributed by atoms with Crippen LogP contribution in [0.2, 0.25) is 0 Å². The van der Waals surface area contributed by atoms with Crippen molar-refractivity contribution in [1.82, 2.24) is 0 Å². The Kier molecular flexibility index (Phi) is 4.72. The fourth-order valence-corrected chi connectivity index (χ4v) is 4.47. The molecule has 0 unspecified atom stereocenters. The number of aliphatic hydroxyl groups excluding tert-OH is 1. The van der Waals surface area contributed by atoms with Crippen LogP contribution in [-0.4, -0.2) is 27.6 Å². The fourth-order valence-electron chi connectivity index (χ4n) is 0.867. The molecule has 0 amide bonds. The molecular weight excluding hydrogens is 339 g/mol. The number of hydrogen-bond donors (Lipinski definition) is 1. The van der Waals surface area contributed by atoms with E-state index in [-0.39, 0.29) is 5.75 Å². The molecule has 0 aromatic rings. The lowest BCUT2D eigenvalue weighted by Crippen LogP contribution is -2.46. The molecule has 86 valence electrons. The molecule has 0 aliphatic carbocycles. The third kappa shape index (κ3) is 2.96. The zero-order chi connectivity index (χ0) is 11.8. The zero-order valence-electron chi connectivity index (χ0n) is 8.71. The second-order valence-corrected chi connectivity index (χ2v) is 10.6. The van der Waals surface area contributed by atoms with Gasteiger partial charge >= 0.3 is 0 Å². The molecule has 3 nitrogen and oxygen atoms in total. The van der Waals surface area contributed by atoms with E-state index in [4.69, 9.17) is 11.6 Å². The van der Waals surface area contributed by atoms with Crippen LogP contribution < -0.4 is 0 Å². The highest BCUT2D eigenvalue weighted by Crippen LogP contribution is 2.42. The summed E-state index contributed by atoms with van der Waals surface area (Å²) < 4.78 is 21.6. The van der Waals surface area contributed by atoms with Gasteiger partial charge in [0.1, 0.15) is 6.10 Å². The predicted molar refractivity (Wildman–Crippen MR) is 67.5 cm³/mol. The molecule has 0 saturated heterocycles. The molecule has 0 heterocycles. The Labute approximate surface area is 104 Å². The van der Waals surface area contributed by atoms with Gasteiger partial charge in [-0.05, 0) is 28.0 Å². The van der Waals surface area contributed by atoms with Gasteiger partial charge in [-0.2, -0.15) is 0 Å². The van der Waals surface area contributed by atoms with Crippen LogP contribution in [0.3, 0.4) is 0 Å². The van der Waals surface area contributed by atoms with Crippen LogP contribution in [0.1, 0.15) is 27.7 Å². The van der Waals surface area contributed by atoms with Crippen molar-refractivity contribution in [2.45, 2.75) is 36.0 Å². The summed E-state index contributed by atoms with van der Waals surface area (Å²) in [5, 5.41) is 9.86. The molecule has 0 aliphatic rings. The van der Waals surface area contributed by atoms with Crippen LogP contribution in [0.25, 0.3) is 0 Å². The van der Waals surface area contributed by atoms with E-state index in [0.717, 1.165) is 0 Å². The highest BCUT2D eigenvalue weighted by atomic mass is 127. The molecule has 14 heavy (non-hydrogen) atoms. The van der Waals surface area contributed by atoms with E-state index in [0.29, 0.717) is 0 Å². The molecule has 0 rings (SSSR count). The fraction of sp³-hybridized carbons (Fsp3) is 1.00. The number of halogens is 2. The monoisotopic (exact) mass is 354 g/mol. The van der Waals surface area contributed by atoms with Gasteiger partial charge in [-0.1, -0.05) is 39.3 Å². The number of rotatable bonds is 3. The van der Waals surface area contributed by atoms with Gasteiger partial charge in [0.25, 0.3) is 0 Å². The van der Waals surface area contributed by atoms with Gasteiger partial charge in [0.05, 0.1) is 5.75 Å². The number of aliphatic hydroxyl groups is 1. The summed E-state index contributed by atoms with van der Waals surface area (Å²) in [6.45, 7) is 6.76. The number of sulfone groups is 1. The minimum absolute atomic E-state index is 0.0768. The van der Waals surface area contributed by atoms with E-state index in [9.17, 15) is 13.5 Å². The van der Waals surface area contributed by atoms with Crippen molar-refractivity contribution in [1.29, 1.82) is 0 Å². The summed E-state index contributed by atoms with van der Waals surface area (Å²) >= 11 is 7.51. The van der Waals surface area contributed by atoms with Gasteiger partial charge in [-0.3, -0.25) is 0 Å². The quantitative estimate of drug-likeness (QED) is 0.624. The Morgan fingerprint density at radius 3 is 2.00 bits per heavy atom. The van der Waals surface area contributed by atoms with E-state index in [1.54, 1.807) is 43.4 Å². The molecule has 0 fully saturated rings. The largest absolute Gasteiger partial charge is 0.389 e. The third-order valence-corrected chi connectivity index (χ3v) is 7.26. The topological polar surface area (TPSA) is 54.4 Å². The first-order valence-corrected chi connectivity index (χ1v) is 7.36. The Bertz CT molecular complexity index is 292. The first-order valence-electron chi connectivity index (χ1n) is 4.25. The summed E-state index contributed by atoms with van der Waals surface area (Å²) in [6, 6.07) is 0. The van der Waals surface area contributed by atoms with Gasteiger partial charge in [-0.25, -0.2) is 8.42 Å². The molecule has 2 atom stereocenters. The summed E-state index contributed by atoms with van der Waals surface area (Å²) in [4.78, 5) is 0. The molecule has 0 aromatic heterocycles. The van der Waals surface area contributed by atoms with Crippen LogP contribution in [0, 0.1) is 5.41 Å². The Balaban J connectivity index is 5.18. The Hall–Kier alpha value is 0.930. The van der Waals surface area contributed by atoms with Crippen molar-refractivity contribution < 1.29 is 13.5 Å². The third-order valence-electron chi connectivity index (χ3n) is 1.93. The lowest BCUT2D eigenvalue weighted by molar-refractivity contribution is 0.0712. The zero-order valence-corrected chi connectivity index (χ0v) is 12.4.